The second-order valence-electron chi connectivity index (χ2n) is 11.2. The van der Waals surface area contributed by atoms with Gasteiger partial charge in [-0.2, -0.15) is 0 Å². The molecule has 3 aromatic rings. The van der Waals surface area contributed by atoms with Crippen molar-refractivity contribution in [2.24, 2.45) is 5.41 Å². The number of amides is 4. The molecule has 0 fully saturated rings. The molecular weight excluding hydrogens is 558 g/mol. The Bertz CT molecular complexity index is 1400. The highest BCUT2D eigenvalue weighted by molar-refractivity contribution is 7.09. The fourth-order valence-electron chi connectivity index (χ4n) is 3.69. The zero-order valence-electron chi connectivity index (χ0n) is 24.4. The number of benzene rings is 2. The highest BCUT2D eigenvalue weighted by atomic mass is 32.1. The van der Waals surface area contributed by atoms with E-state index >= 15 is 0 Å². The predicted octanol–water partition coefficient (Wildman–Crippen LogP) is 5.24. The van der Waals surface area contributed by atoms with Crippen LogP contribution in [0.15, 0.2) is 60.0 Å². The Labute approximate surface area is 249 Å². The third-order valence-electron chi connectivity index (χ3n) is 5.87. The van der Waals surface area contributed by atoms with Crippen molar-refractivity contribution in [2.75, 3.05) is 24.1 Å². The molecule has 0 unspecified atom stereocenters. The molecule has 2 aromatic carbocycles. The van der Waals surface area contributed by atoms with Crippen molar-refractivity contribution >= 4 is 46.7 Å². The molecule has 224 valence electrons. The summed E-state index contributed by atoms with van der Waals surface area (Å²) in [6.45, 7) is 8.97. The van der Waals surface area contributed by atoms with Crippen LogP contribution in [-0.4, -0.2) is 52.6 Å². The SMILES string of the molecule is CC(C)(C)OC(=O)N(CCc1nc(C(=O)NC(=O)OCc2ccccc2)cs1)CC(C)(C)C(=O)Nc1ccccc1N. The molecule has 0 saturated heterocycles. The summed E-state index contributed by atoms with van der Waals surface area (Å²) in [7, 11) is 0. The second-order valence-corrected chi connectivity index (χ2v) is 12.2. The number of ether oxygens (including phenoxy) is 2. The summed E-state index contributed by atoms with van der Waals surface area (Å²) in [4.78, 5) is 56.6. The number of aromatic nitrogens is 1. The molecule has 42 heavy (non-hydrogen) atoms. The largest absolute Gasteiger partial charge is 0.444 e. The first-order chi connectivity index (χ1) is 19.7. The summed E-state index contributed by atoms with van der Waals surface area (Å²) in [6, 6.07) is 16.0. The number of hydrogen-bond donors (Lipinski definition) is 3. The number of anilines is 2. The molecule has 1 heterocycles. The number of para-hydroxylation sites is 2. The first kappa shape index (κ1) is 32.1. The summed E-state index contributed by atoms with van der Waals surface area (Å²) in [5.74, 6) is -1.01. The van der Waals surface area contributed by atoms with Gasteiger partial charge in [0.2, 0.25) is 5.91 Å². The van der Waals surface area contributed by atoms with Gasteiger partial charge in [-0.1, -0.05) is 42.5 Å². The molecule has 0 aliphatic heterocycles. The summed E-state index contributed by atoms with van der Waals surface area (Å²) < 4.78 is 10.7. The van der Waals surface area contributed by atoms with Crippen LogP contribution in [0, 0.1) is 5.41 Å². The van der Waals surface area contributed by atoms with Crippen LogP contribution in [0.2, 0.25) is 0 Å². The predicted molar refractivity (Wildman–Crippen MR) is 161 cm³/mol. The van der Waals surface area contributed by atoms with Crippen LogP contribution in [-0.2, 0) is 27.3 Å². The Hall–Kier alpha value is -4.45. The average Bonchev–Trinajstić information content (AvgIpc) is 3.40. The van der Waals surface area contributed by atoms with Gasteiger partial charge in [-0.3, -0.25) is 14.9 Å². The number of hydrogen-bond acceptors (Lipinski definition) is 9. The number of alkyl carbamates (subject to hydrolysis) is 1. The van der Waals surface area contributed by atoms with Crippen molar-refractivity contribution in [3.63, 3.8) is 0 Å². The van der Waals surface area contributed by atoms with E-state index in [9.17, 15) is 19.2 Å². The van der Waals surface area contributed by atoms with E-state index in [1.54, 1.807) is 71.0 Å². The molecule has 0 aliphatic rings. The van der Waals surface area contributed by atoms with Gasteiger partial charge in [0.1, 0.15) is 17.9 Å². The van der Waals surface area contributed by atoms with Crippen LogP contribution in [0.1, 0.15) is 55.7 Å². The van der Waals surface area contributed by atoms with Crippen molar-refractivity contribution < 1.29 is 28.7 Å². The number of imide groups is 1. The molecule has 0 radical (unpaired) electrons. The Morgan fingerprint density at radius 3 is 2.31 bits per heavy atom. The average molecular weight is 596 g/mol. The monoisotopic (exact) mass is 595 g/mol. The maximum absolute atomic E-state index is 13.2. The van der Waals surface area contributed by atoms with Crippen molar-refractivity contribution in [3.05, 3.63) is 76.2 Å². The zero-order chi connectivity index (χ0) is 30.9. The molecule has 12 heteroatoms. The van der Waals surface area contributed by atoms with Gasteiger partial charge in [0.15, 0.2) is 0 Å². The number of rotatable bonds is 10. The topological polar surface area (TPSA) is 153 Å². The van der Waals surface area contributed by atoms with E-state index in [1.807, 2.05) is 18.2 Å². The Morgan fingerprint density at radius 1 is 0.976 bits per heavy atom. The quantitative estimate of drug-likeness (QED) is 0.269. The highest BCUT2D eigenvalue weighted by Gasteiger charge is 2.34. The fourth-order valence-corrected chi connectivity index (χ4v) is 4.46. The number of nitrogens with two attached hydrogens (primary N) is 1. The summed E-state index contributed by atoms with van der Waals surface area (Å²) in [5, 5.41) is 7.08. The molecule has 0 saturated carbocycles. The van der Waals surface area contributed by atoms with Crippen LogP contribution in [0.25, 0.3) is 0 Å². The summed E-state index contributed by atoms with van der Waals surface area (Å²) in [6.07, 6.45) is -1.18. The summed E-state index contributed by atoms with van der Waals surface area (Å²) in [5.41, 5.74) is 5.97. The van der Waals surface area contributed by atoms with Crippen LogP contribution < -0.4 is 16.4 Å². The number of nitrogens with one attached hydrogen (secondary N) is 2. The standard InChI is InChI=1S/C30H37N5O6S/c1-29(2,3)41-28(39)35(19-30(4,5)26(37)33-22-14-10-9-13-21(22)31)16-15-24-32-23(18-42-24)25(36)34-27(38)40-17-20-11-7-6-8-12-20/h6-14,18H,15-17,19,31H2,1-5H3,(H,33,37)(H,34,36,38). The lowest BCUT2D eigenvalue weighted by Crippen LogP contribution is -2.47. The maximum Gasteiger partial charge on any atom is 0.414 e. The zero-order valence-corrected chi connectivity index (χ0v) is 25.2. The van der Waals surface area contributed by atoms with Crippen LogP contribution in [0.3, 0.4) is 0 Å². The van der Waals surface area contributed by atoms with E-state index in [-0.39, 0.29) is 31.3 Å². The molecule has 3 rings (SSSR count). The van der Waals surface area contributed by atoms with E-state index in [0.717, 1.165) is 5.56 Å². The van der Waals surface area contributed by atoms with Gasteiger partial charge in [0.05, 0.1) is 21.8 Å². The molecule has 11 nitrogen and oxygen atoms in total. The van der Waals surface area contributed by atoms with Crippen molar-refractivity contribution in [1.29, 1.82) is 0 Å². The third kappa shape index (κ3) is 9.88. The first-order valence-corrected chi connectivity index (χ1v) is 14.2. The van der Waals surface area contributed by atoms with Gasteiger partial charge in [-0.25, -0.2) is 14.6 Å². The Kier molecular flexibility index (Phi) is 10.6. The van der Waals surface area contributed by atoms with E-state index in [1.165, 1.54) is 21.6 Å². The van der Waals surface area contributed by atoms with Gasteiger partial charge >= 0.3 is 12.2 Å². The molecule has 0 atom stereocenters. The summed E-state index contributed by atoms with van der Waals surface area (Å²) >= 11 is 1.21. The third-order valence-corrected chi connectivity index (χ3v) is 6.78. The molecule has 4 N–H and O–H groups in total. The molecule has 0 bridgehead atoms. The van der Waals surface area contributed by atoms with Crippen molar-refractivity contribution in [2.45, 2.75) is 53.2 Å². The van der Waals surface area contributed by atoms with Crippen molar-refractivity contribution in [1.82, 2.24) is 15.2 Å². The van der Waals surface area contributed by atoms with E-state index in [2.05, 4.69) is 15.6 Å². The van der Waals surface area contributed by atoms with E-state index < -0.39 is 29.1 Å². The fraction of sp³-hybridized carbons (Fsp3) is 0.367. The van der Waals surface area contributed by atoms with E-state index in [0.29, 0.717) is 22.8 Å². The van der Waals surface area contributed by atoms with Gasteiger partial charge in [0, 0.05) is 24.9 Å². The number of nitrogens with zero attached hydrogens (tertiary/aromatic N) is 2. The van der Waals surface area contributed by atoms with Gasteiger partial charge in [-0.15, -0.1) is 11.3 Å². The minimum atomic E-state index is -1.01. The smallest absolute Gasteiger partial charge is 0.414 e. The highest BCUT2D eigenvalue weighted by Crippen LogP contribution is 2.25. The van der Waals surface area contributed by atoms with Crippen LogP contribution >= 0.6 is 11.3 Å². The van der Waals surface area contributed by atoms with Crippen molar-refractivity contribution in [3.8, 4) is 0 Å². The number of nitrogen functional groups attached to an aromatic ring is 1. The van der Waals surface area contributed by atoms with Gasteiger partial charge < -0.3 is 25.4 Å². The Morgan fingerprint density at radius 2 is 1.64 bits per heavy atom. The molecule has 0 spiro atoms. The number of carbonyl (C=O) groups is 4. The van der Waals surface area contributed by atoms with Crippen LogP contribution in [0.4, 0.5) is 21.0 Å². The van der Waals surface area contributed by atoms with Crippen LogP contribution in [0.5, 0.6) is 0 Å². The second kappa shape index (κ2) is 13.9. The number of carbonyl (C=O) groups excluding carboxylic acids is 4. The van der Waals surface area contributed by atoms with E-state index in [4.69, 9.17) is 15.2 Å². The molecular formula is C30H37N5O6S. The molecule has 4 amide bonds. The first-order valence-electron chi connectivity index (χ1n) is 13.3. The lowest BCUT2D eigenvalue weighted by molar-refractivity contribution is -0.124. The molecule has 1 aromatic heterocycles. The Balaban J connectivity index is 1.62. The minimum Gasteiger partial charge on any atom is -0.444 e. The van der Waals surface area contributed by atoms with Gasteiger partial charge in [-0.05, 0) is 52.3 Å². The lowest BCUT2D eigenvalue weighted by atomic mass is 9.91. The maximum atomic E-state index is 13.2. The lowest BCUT2D eigenvalue weighted by Gasteiger charge is -2.33. The van der Waals surface area contributed by atoms with Gasteiger partial charge in [0.25, 0.3) is 5.91 Å². The minimum absolute atomic E-state index is 0.0237. The molecule has 0 aliphatic carbocycles. The normalized spacial score (nSPS) is 11.4. The number of thiazole rings is 1.